The van der Waals surface area contributed by atoms with Crippen LogP contribution in [0.15, 0.2) is 57.7 Å². The van der Waals surface area contributed by atoms with Crippen LogP contribution in [0.25, 0.3) is 11.0 Å². The molecule has 0 radical (unpaired) electrons. The van der Waals surface area contributed by atoms with Crippen molar-refractivity contribution in [2.75, 3.05) is 4.90 Å². The highest BCUT2D eigenvalue weighted by Crippen LogP contribution is 2.42. The molecule has 0 saturated carbocycles. The maximum absolute atomic E-state index is 13.4. The van der Waals surface area contributed by atoms with Crippen LogP contribution in [-0.2, 0) is 0 Å². The quantitative estimate of drug-likeness (QED) is 0.344. The van der Waals surface area contributed by atoms with E-state index in [4.69, 9.17) is 4.42 Å². The van der Waals surface area contributed by atoms with Crippen LogP contribution < -0.4 is 10.3 Å². The van der Waals surface area contributed by atoms with Gasteiger partial charge in [-0.1, -0.05) is 24.3 Å². The van der Waals surface area contributed by atoms with E-state index in [0.29, 0.717) is 21.7 Å². The van der Waals surface area contributed by atoms with Gasteiger partial charge in [0, 0.05) is 8.45 Å². The third-order valence-corrected chi connectivity index (χ3v) is 6.98. The molecule has 0 bridgehead atoms. The summed E-state index contributed by atoms with van der Waals surface area (Å²) in [6.07, 6.45) is 0. The minimum absolute atomic E-state index is 0.0998. The Bertz CT molecular complexity index is 1320. The van der Waals surface area contributed by atoms with Crippen molar-refractivity contribution in [3.8, 4) is 0 Å². The summed E-state index contributed by atoms with van der Waals surface area (Å²) < 4.78 is 7.02. The van der Waals surface area contributed by atoms with Gasteiger partial charge in [-0.2, -0.15) is 0 Å². The van der Waals surface area contributed by atoms with Crippen molar-refractivity contribution in [3.63, 3.8) is 0 Å². The zero-order valence-electron chi connectivity index (χ0n) is 15.6. The molecule has 5 nitrogen and oxygen atoms in total. The average molecular weight is 514 g/mol. The number of hydrogen-bond acceptors (Lipinski definition) is 5. The number of fused-ring (bicyclic) bond motifs is 2. The number of benzene rings is 2. The van der Waals surface area contributed by atoms with Gasteiger partial charge >= 0.3 is 0 Å². The maximum atomic E-state index is 13.4. The highest BCUT2D eigenvalue weighted by Gasteiger charge is 2.44. The number of halogens is 1. The Balaban J connectivity index is 1.82. The molecule has 29 heavy (non-hydrogen) atoms. The number of nitrogens with zero attached hydrogens (tertiary/aromatic N) is 2. The van der Waals surface area contributed by atoms with Crippen LogP contribution in [0.5, 0.6) is 0 Å². The standard InChI is InChI=1S/C22H15IN2O3S/c1-11-12(2)29-22(24-11)25-18(13-7-9-14(23)10-8-13)17-19(26)15-5-3-4-6-16(15)28-20(17)21(25)27/h3-10,18H,1-2H3. The molecule has 1 unspecified atom stereocenters. The molecule has 1 atom stereocenters. The molecular weight excluding hydrogens is 499 g/mol. The highest BCUT2D eigenvalue weighted by atomic mass is 127. The zero-order chi connectivity index (χ0) is 20.3. The van der Waals surface area contributed by atoms with E-state index in [1.165, 1.54) is 11.3 Å². The smallest absolute Gasteiger partial charge is 0.297 e. The summed E-state index contributed by atoms with van der Waals surface area (Å²) >= 11 is 3.68. The first-order valence-corrected chi connectivity index (χ1v) is 10.9. The minimum Gasteiger partial charge on any atom is -0.450 e. The number of thiazole rings is 1. The number of anilines is 1. The number of hydrogen-bond donors (Lipinski definition) is 0. The molecule has 2 aromatic heterocycles. The molecule has 4 aromatic rings. The molecular formula is C22H15IN2O3S. The molecule has 0 N–H and O–H groups in total. The Hall–Kier alpha value is -2.52. The van der Waals surface area contributed by atoms with Crippen molar-refractivity contribution in [2.45, 2.75) is 19.9 Å². The van der Waals surface area contributed by atoms with Crippen LogP contribution in [0.3, 0.4) is 0 Å². The number of amides is 1. The van der Waals surface area contributed by atoms with Crippen molar-refractivity contribution < 1.29 is 9.21 Å². The molecule has 1 amide bonds. The van der Waals surface area contributed by atoms with Crippen LogP contribution in [0.4, 0.5) is 5.13 Å². The fourth-order valence-electron chi connectivity index (χ4n) is 3.64. The molecule has 144 valence electrons. The lowest BCUT2D eigenvalue weighted by atomic mass is 9.99. The Morgan fingerprint density at radius 1 is 1.07 bits per heavy atom. The first-order chi connectivity index (χ1) is 14.0. The van der Waals surface area contributed by atoms with Gasteiger partial charge in [0.25, 0.3) is 5.91 Å². The summed E-state index contributed by atoms with van der Waals surface area (Å²) in [4.78, 5) is 34.1. The van der Waals surface area contributed by atoms with E-state index >= 15 is 0 Å². The van der Waals surface area contributed by atoms with E-state index in [-0.39, 0.29) is 17.1 Å². The molecule has 0 spiro atoms. The number of aryl methyl sites for hydroxylation is 2. The van der Waals surface area contributed by atoms with Gasteiger partial charge in [-0.05, 0) is 66.3 Å². The van der Waals surface area contributed by atoms with Crippen molar-refractivity contribution in [3.05, 3.63) is 89.8 Å². The van der Waals surface area contributed by atoms with Crippen molar-refractivity contribution in [1.29, 1.82) is 0 Å². The lowest BCUT2D eigenvalue weighted by molar-refractivity contribution is 0.0971. The van der Waals surface area contributed by atoms with Crippen LogP contribution in [0.1, 0.15) is 38.3 Å². The van der Waals surface area contributed by atoms with Gasteiger partial charge in [-0.3, -0.25) is 14.5 Å². The van der Waals surface area contributed by atoms with Crippen molar-refractivity contribution >= 4 is 55.9 Å². The lowest BCUT2D eigenvalue weighted by Crippen LogP contribution is -2.29. The molecule has 1 aliphatic heterocycles. The van der Waals surface area contributed by atoms with E-state index in [1.807, 2.05) is 38.1 Å². The SMILES string of the molecule is Cc1nc(N2C(=O)c3oc4ccccc4c(=O)c3C2c2ccc(I)cc2)sc1C. The fraction of sp³-hybridized carbons (Fsp3) is 0.136. The Labute approximate surface area is 184 Å². The zero-order valence-corrected chi connectivity index (χ0v) is 18.6. The number of rotatable bonds is 2. The van der Waals surface area contributed by atoms with Crippen LogP contribution >= 0.6 is 33.9 Å². The average Bonchev–Trinajstić information content (AvgIpc) is 3.19. The number of aromatic nitrogens is 1. The third-order valence-electron chi connectivity index (χ3n) is 5.19. The highest BCUT2D eigenvalue weighted by molar-refractivity contribution is 14.1. The summed E-state index contributed by atoms with van der Waals surface area (Å²) in [5.74, 6) is -0.233. The summed E-state index contributed by atoms with van der Waals surface area (Å²) in [6, 6.07) is 14.3. The third kappa shape index (κ3) is 2.83. The Morgan fingerprint density at radius 2 is 1.79 bits per heavy atom. The number of carbonyl (C=O) groups excluding carboxylic acids is 1. The molecule has 0 fully saturated rings. The summed E-state index contributed by atoms with van der Waals surface area (Å²) in [5.41, 5.74) is 2.34. The predicted molar refractivity (Wildman–Crippen MR) is 122 cm³/mol. The largest absolute Gasteiger partial charge is 0.450 e. The maximum Gasteiger partial charge on any atom is 0.297 e. The summed E-state index contributed by atoms with van der Waals surface area (Å²) in [7, 11) is 0. The molecule has 5 rings (SSSR count). The summed E-state index contributed by atoms with van der Waals surface area (Å²) in [6.45, 7) is 3.89. The van der Waals surface area contributed by atoms with Gasteiger partial charge in [-0.25, -0.2) is 4.98 Å². The second-order valence-electron chi connectivity index (χ2n) is 6.94. The minimum atomic E-state index is -0.569. The van der Waals surface area contributed by atoms with Crippen molar-refractivity contribution in [1.82, 2.24) is 4.98 Å². The Kier molecular flexibility index (Phi) is 4.32. The van der Waals surface area contributed by atoms with Gasteiger partial charge in [0.1, 0.15) is 5.58 Å². The van der Waals surface area contributed by atoms with Crippen LogP contribution in [0, 0.1) is 17.4 Å². The van der Waals surface area contributed by atoms with Crippen LogP contribution in [0.2, 0.25) is 0 Å². The van der Waals surface area contributed by atoms with E-state index in [1.54, 1.807) is 29.2 Å². The second-order valence-corrected chi connectivity index (χ2v) is 9.36. The second kappa shape index (κ2) is 6.77. The van der Waals surface area contributed by atoms with E-state index in [2.05, 4.69) is 27.6 Å². The lowest BCUT2D eigenvalue weighted by Gasteiger charge is -2.22. The fourth-order valence-corrected chi connectivity index (χ4v) is 4.93. The van der Waals surface area contributed by atoms with E-state index in [0.717, 1.165) is 19.7 Å². The van der Waals surface area contributed by atoms with Gasteiger partial charge < -0.3 is 4.42 Å². The molecule has 7 heteroatoms. The summed E-state index contributed by atoms with van der Waals surface area (Å²) in [5, 5.41) is 1.05. The van der Waals surface area contributed by atoms with Gasteiger partial charge in [0.15, 0.2) is 10.6 Å². The van der Waals surface area contributed by atoms with Crippen LogP contribution in [-0.4, -0.2) is 10.9 Å². The number of carbonyl (C=O) groups is 1. The normalized spacial score (nSPS) is 15.9. The van der Waals surface area contributed by atoms with Crippen molar-refractivity contribution in [2.24, 2.45) is 0 Å². The van der Waals surface area contributed by atoms with Gasteiger partial charge in [0.2, 0.25) is 5.76 Å². The predicted octanol–water partition coefficient (Wildman–Crippen LogP) is 5.22. The molecule has 0 aliphatic carbocycles. The first-order valence-electron chi connectivity index (χ1n) is 9.04. The first kappa shape index (κ1) is 18.5. The monoisotopic (exact) mass is 514 g/mol. The van der Waals surface area contributed by atoms with Gasteiger partial charge in [-0.15, -0.1) is 11.3 Å². The Morgan fingerprint density at radius 3 is 2.48 bits per heavy atom. The number of para-hydroxylation sites is 1. The molecule has 0 saturated heterocycles. The molecule has 3 heterocycles. The van der Waals surface area contributed by atoms with Gasteiger partial charge in [0.05, 0.1) is 22.7 Å². The molecule has 1 aliphatic rings. The van der Waals surface area contributed by atoms with E-state index in [9.17, 15) is 9.59 Å². The van der Waals surface area contributed by atoms with E-state index < -0.39 is 6.04 Å². The molecule has 2 aromatic carbocycles. The topological polar surface area (TPSA) is 63.4 Å².